The lowest BCUT2D eigenvalue weighted by Crippen LogP contribution is -1.94. The number of aryl methyl sites for hydroxylation is 1. The Hall–Kier alpha value is -1.35. The van der Waals surface area contributed by atoms with Gasteiger partial charge in [-0.2, -0.15) is 0 Å². The van der Waals surface area contributed by atoms with Gasteiger partial charge in [-0.25, -0.2) is 0 Å². The van der Waals surface area contributed by atoms with Gasteiger partial charge in [0, 0.05) is 20.0 Å². The molecule has 16 heavy (non-hydrogen) atoms. The lowest BCUT2D eigenvalue weighted by molar-refractivity contribution is -0.114. The Balaban J connectivity index is 2.40. The van der Waals surface area contributed by atoms with Crippen molar-refractivity contribution < 1.29 is 13.9 Å². The molecule has 0 saturated heterocycles. The molecule has 0 aliphatic carbocycles. The topological polar surface area (TPSA) is 39.4 Å². The fraction of sp³-hybridized carbons (Fsp3) is 0.462. The van der Waals surface area contributed by atoms with Gasteiger partial charge in [-0.05, 0) is 31.6 Å². The quantitative estimate of drug-likeness (QED) is 0.665. The average Bonchev–Trinajstić information content (AvgIpc) is 2.76. The molecule has 0 aliphatic heterocycles. The number of carbonyl (C=O) groups is 1. The molecule has 0 radical (unpaired) electrons. The van der Waals surface area contributed by atoms with E-state index in [0.717, 1.165) is 24.4 Å². The first-order chi connectivity index (χ1) is 7.67. The van der Waals surface area contributed by atoms with E-state index in [1.165, 1.54) is 6.08 Å². The van der Waals surface area contributed by atoms with Crippen molar-refractivity contribution in [1.82, 2.24) is 0 Å². The second-order valence-electron chi connectivity index (χ2n) is 3.71. The van der Waals surface area contributed by atoms with E-state index in [-0.39, 0.29) is 11.9 Å². The third-order valence-electron chi connectivity index (χ3n) is 2.51. The summed E-state index contributed by atoms with van der Waals surface area (Å²) in [6.07, 6.45) is 3.43. The number of allylic oxidation sites excluding steroid dienone is 1. The number of hydrogen-bond acceptors (Lipinski definition) is 3. The number of carbonyl (C=O) groups excluding carboxylic acids is 1. The average molecular weight is 222 g/mol. The summed E-state index contributed by atoms with van der Waals surface area (Å²) in [5.74, 6) is 1.81. The number of ether oxygens (including phenoxy) is 1. The Morgan fingerprint density at radius 2 is 2.38 bits per heavy atom. The zero-order valence-corrected chi connectivity index (χ0v) is 9.86. The van der Waals surface area contributed by atoms with E-state index in [9.17, 15) is 4.79 Å². The SMILES string of the molecule is C=CC(=O)CCCc1ccc(C(C)OC)o1. The van der Waals surface area contributed by atoms with E-state index in [2.05, 4.69) is 6.58 Å². The van der Waals surface area contributed by atoms with Gasteiger partial charge in [0.2, 0.25) is 0 Å². The number of rotatable bonds is 7. The van der Waals surface area contributed by atoms with Crippen molar-refractivity contribution >= 4 is 5.78 Å². The maximum atomic E-state index is 11.0. The standard InChI is InChI=1S/C13H18O3/c1-4-11(14)6-5-7-12-8-9-13(16-12)10(2)15-3/h4,8-10H,1,5-7H2,2-3H3. The molecule has 0 bridgehead atoms. The van der Waals surface area contributed by atoms with Crippen molar-refractivity contribution in [1.29, 1.82) is 0 Å². The molecule has 3 nitrogen and oxygen atoms in total. The molecule has 3 heteroatoms. The highest BCUT2D eigenvalue weighted by atomic mass is 16.5. The zero-order valence-electron chi connectivity index (χ0n) is 9.86. The van der Waals surface area contributed by atoms with Gasteiger partial charge in [-0.1, -0.05) is 6.58 Å². The Bertz CT molecular complexity index is 352. The Morgan fingerprint density at radius 3 is 3.00 bits per heavy atom. The van der Waals surface area contributed by atoms with E-state index >= 15 is 0 Å². The molecule has 0 N–H and O–H groups in total. The van der Waals surface area contributed by atoms with Crippen molar-refractivity contribution in [2.75, 3.05) is 7.11 Å². The molecule has 1 atom stereocenters. The van der Waals surface area contributed by atoms with Gasteiger partial charge in [0.1, 0.15) is 17.6 Å². The van der Waals surface area contributed by atoms with Crippen molar-refractivity contribution in [3.05, 3.63) is 36.3 Å². The number of furan rings is 1. The minimum Gasteiger partial charge on any atom is -0.463 e. The summed E-state index contributed by atoms with van der Waals surface area (Å²) in [6.45, 7) is 5.37. The fourth-order valence-corrected chi connectivity index (χ4v) is 1.40. The first kappa shape index (κ1) is 12.7. The molecule has 0 amide bonds. The first-order valence-corrected chi connectivity index (χ1v) is 5.44. The van der Waals surface area contributed by atoms with Crippen LogP contribution in [0.1, 0.15) is 37.4 Å². The largest absolute Gasteiger partial charge is 0.463 e. The Labute approximate surface area is 96.1 Å². The van der Waals surface area contributed by atoms with Crippen LogP contribution >= 0.6 is 0 Å². The third kappa shape index (κ3) is 3.66. The first-order valence-electron chi connectivity index (χ1n) is 5.44. The fourth-order valence-electron chi connectivity index (χ4n) is 1.40. The molecule has 0 aliphatic rings. The smallest absolute Gasteiger partial charge is 0.155 e. The molecule has 0 spiro atoms. The predicted octanol–water partition coefficient (Wildman–Crippen LogP) is 3.06. The summed E-state index contributed by atoms with van der Waals surface area (Å²) in [7, 11) is 1.65. The monoisotopic (exact) mass is 222 g/mol. The van der Waals surface area contributed by atoms with Crippen molar-refractivity contribution in [2.45, 2.75) is 32.3 Å². The van der Waals surface area contributed by atoms with Gasteiger partial charge < -0.3 is 9.15 Å². The summed E-state index contributed by atoms with van der Waals surface area (Å²) in [4.78, 5) is 11.0. The van der Waals surface area contributed by atoms with Crippen LogP contribution < -0.4 is 0 Å². The third-order valence-corrected chi connectivity index (χ3v) is 2.51. The second kappa shape index (κ2) is 6.28. The number of methoxy groups -OCH3 is 1. The molecule has 88 valence electrons. The van der Waals surface area contributed by atoms with Crippen molar-refractivity contribution in [2.24, 2.45) is 0 Å². The highest BCUT2D eigenvalue weighted by Gasteiger charge is 2.09. The van der Waals surface area contributed by atoms with Crippen LogP contribution in [0, 0.1) is 0 Å². The Morgan fingerprint density at radius 1 is 1.62 bits per heavy atom. The van der Waals surface area contributed by atoms with Gasteiger partial charge in [-0.15, -0.1) is 0 Å². The Kier molecular flexibility index (Phi) is 4.99. The lowest BCUT2D eigenvalue weighted by atomic mass is 10.1. The van der Waals surface area contributed by atoms with Gasteiger partial charge in [0.05, 0.1) is 0 Å². The van der Waals surface area contributed by atoms with Crippen LogP contribution in [0.5, 0.6) is 0 Å². The summed E-state index contributed by atoms with van der Waals surface area (Å²) < 4.78 is 10.7. The normalized spacial score (nSPS) is 12.4. The predicted molar refractivity (Wildman–Crippen MR) is 62.3 cm³/mol. The molecule has 1 heterocycles. The number of ketones is 1. The van der Waals surface area contributed by atoms with E-state index in [4.69, 9.17) is 9.15 Å². The van der Waals surface area contributed by atoms with Crippen LogP contribution in [0.4, 0.5) is 0 Å². The summed E-state index contributed by atoms with van der Waals surface area (Å²) >= 11 is 0. The van der Waals surface area contributed by atoms with Crippen LogP contribution in [0.2, 0.25) is 0 Å². The second-order valence-corrected chi connectivity index (χ2v) is 3.71. The molecular weight excluding hydrogens is 204 g/mol. The number of hydrogen-bond donors (Lipinski definition) is 0. The minimum absolute atomic E-state index is 0.0245. The minimum atomic E-state index is -0.0245. The van der Waals surface area contributed by atoms with E-state index in [1.807, 2.05) is 19.1 Å². The van der Waals surface area contributed by atoms with Crippen molar-refractivity contribution in [3.8, 4) is 0 Å². The van der Waals surface area contributed by atoms with E-state index < -0.39 is 0 Å². The molecular formula is C13H18O3. The zero-order chi connectivity index (χ0) is 12.0. The van der Waals surface area contributed by atoms with Crippen LogP contribution in [0.25, 0.3) is 0 Å². The lowest BCUT2D eigenvalue weighted by Gasteiger charge is -2.04. The van der Waals surface area contributed by atoms with Gasteiger partial charge in [-0.3, -0.25) is 4.79 Å². The van der Waals surface area contributed by atoms with Crippen LogP contribution in [0.3, 0.4) is 0 Å². The molecule has 1 aromatic heterocycles. The molecule has 0 fully saturated rings. The molecule has 0 saturated carbocycles. The summed E-state index contributed by atoms with van der Waals surface area (Å²) in [6, 6.07) is 3.85. The van der Waals surface area contributed by atoms with Gasteiger partial charge >= 0.3 is 0 Å². The molecule has 0 aromatic carbocycles. The van der Waals surface area contributed by atoms with E-state index in [0.29, 0.717) is 6.42 Å². The maximum absolute atomic E-state index is 11.0. The molecule has 1 aromatic rings. The summed E-state index contributed by atoms with van der Waals surface area (Å²) in [5, 5.41) is 0. The van der Waals surface area contributed by atoms with Crippen LogP contribution in [0.15, 0.2) is 29.2 Å². The maximum Gasteiger partial charge on any atom is 0.155 e. The molecule has 1 unspecified atom stereocenters. The summed E-state index contributed by atoms with van der Waals surface area (Å²) in [5.41, 5.74) is 0. The van der Waals surface area contributed by atoms with Crippen LogP contribution in [-0.4, -0.2) is 12.9 Å². The van der Waals surface area contributed by atoms with Gasteiger partial charge in [0.15, 0.2) is 5.78 Å². The van der Waals surface area contributed by atoms with Crippen LogP contribution in [-0.2, 0) is 16.0 Å². The van der Waals surface area contributed by atoms with E-state index in [1.54, 1.807) is 7.11 Å². The highest BCUT2D eigenvalue weighted by molar-refractivity contribution is 5.88. The highest BCUT2D eigenvalue weighted by Crippen LogP contribution is 2.19. The van der Waals surface area contributed by atoms with Crippen molar-refractivity contribution in [3.63, 3.8) is 0 Å². The van der Waals surface area contributed by atoms with Gasteiger partial charge in [0.25, 0.3) is 0 Å². The molecule has 1 rings (SSSR count).